The summed E-state index contributed by atoms with van der Waals surface area (Å²) in [6.45, 7) is 5.58. The highest BCUT2D eigenvalue weighted by Gasteiger charge is 2.16. The molecule has 0 bridgehead atoms. The molecule has 2 aromatic carbocycles. The average molecular weight is 431 g/mol. The predicted molar refractivity (Wildman–Crippen MR) is 124 cm³/mol. The summed E-state index contributed by atoms with van der Waals surface area (Å²) in [6, 6.07) is 16.8. The molecule has 0 aliphatic carbocycles. The van der Waals surface area contributed by atoms with Gasteiger partial charge in [0.1, 0.15) is 6.61 Å². The zero-order valence-corrected chi connectivity index (χ0v) is 18.2. The lowest BCUT2D eigenvalue weighted by atomic mass is 10.2. The molecule has 1 amide bonds. The zero-order chi connectivity index (χ0) is 22.3. The maximum absolute atomic E-state index is 13.0. The number of anilines is 1. The first-order valence-electron chi connectivity index (χ1n) is 10.7. The van der Waals surface area contributed by atoms with Crippen LogP contribution in [0.25, 0.3) is 11.0 Å². The van der Waals surface area contributed by atoms with Gasteiger partial charge in [-0.15, -0.1) is 0 Å². The number of hydrogen-bond donors (Lipinski definition) is 1. The Labute approximate surface area is 187 Å². The summed E-state index contributed by atoms with van der Waals surface area (Å²) in [5.74, 6) is 1.38. The lowest BCUT2D eigenvalue weighted by Crippen LogP contribution is -2.16. The van der Waals surface area contributed by atoms with Gasteiger partial charge in [-0.1, -0.05) is 25.1 Å². The summed E-state index contributed by atoms with van der Waals surface area (Å²) in [4.78, 5) is 21.7. The maximum atomic E-state index is 13.0. The van der Waals surface area contributed by atoms with Gasteiger partial charge in [0, 0.05) is 30.1 Å². The molecule has 0 unspecified atom stereocenters. The molecule has 164 valence electrons. The number of benzene rings is 2. The van der Waals surface area contributed by atoms with Gasteiger partial charge in [0.05, 0.1) is 17.6 Å². The number of amides is 1. The minimum atomic E-state index is -0.252. The maximum Gasteiger partial charge on any atom is 0.258 e. The monoisotopic (exact) mass is 430 g/mol. The molecule has 32 heavy (non-hydrogen) atoms. The second kappa shape index (κ2) is 9.96. The molecule has 2 aromatic heterocycles. The van der Waals surface area contributed by atoms with Gasteiger partial charge in [-0.05, 0) is 49.7 Å². The van der Waals surface area contributed by atoms with Gasteiger partial charge in [0.2, 0.25) is 5.95 Å². The van der Waals surface area contributed by atoms with Crippen molar-refractivity contribution in [3.8, 4) is 11.5 Å². The molecule has 0 fully saturated rings. The molecule has 4 aromatic rings. The highest BCUT2D eigenvalue weighted by Crippen LogP contribution is 2.30. The van der Waals surface area contributed by atoms with E-state index in [1.54, 1.807) is 30.6 Å². The topological polar surface area (TPSA) is 78.3 Å². The number of imidazole rings is 1. The Kier molecular flexibility index (Phi) is 6.65. The molecule has 0 radical (unpaired) electrons. The van der Waals surface area contributed by atoms with Gasteiger partial charge in [0.15, 0.2) is 11.5 Å². The number of nitrogens with zero attached hydrogens (tertiary/aromatic N) is 3. The van der Waals surface area contributed by atoms with Gasteiger partial charge in [-0.25, -0.2) is 4.98 Å². The standard InChI is InChI=1S/C25H26N4O3/c1-3-14-29-21-10-6-5-9-20(21)27-25(29)28-24(30)19-11-12-22(23(15-19)31-4-2)32-17-18-8-7-13-26-16-18/h5-13,15-16H,3-4,14,17H2,1-2H3,(H,27,28,30). The first-order valence-corrected chi connectivity index (χ1v) is 10.7. The van der Waals surface area contributed by atoms with Crippen molar-refractivity contribution < 1.29 is 14.3 Å². The number of para-hydroxylation sites is 2. The zero-order valence-electron chi connectivity index (χ0n) is 18.2. The van der Waals surface area contributed by atoms with Crippen molar-refractivity contribution in [3.63, 3.8) is 0 Å². The number of fused-ring (bicyclic) bond motifs is 1. The third-order valence-corrected chi connectivity index (χ3v) is 4.95. The Balaban J connectivity index is 1.55. The minimum absolute atomic E-state index is 0.252. The second-order valence-electron chi connectivity index (χ2n) is 7.27. The van der Waals surface area contributed by atoms with Crippen molar-refractivity contribution in [2.45, 2.75) is 33.4 Å². The summed E-state index contributed by atoms with van der Waals surface area (Å²) >= 11 is 0. The normalized spacial score (nSPS) is 10.8. The number of nitrogens with one attached hydrogen (secondary N) is 1. The van der Waals surface area contributed by atoms with Crippen molar-refractivity contribution in [1.29, 1.82) is 0 Å². The number of carbonyl (C=O) groups is 1. The molecule has 0 atom stereocenters. The summed E-state index contributed by atoms with van der Waals surface area (Å²) in [6.07, 6.45) is 4.41. The number of aryl methyl sites for hydroxylation is 1. The molecular formula is C25H26N4O3. The van der Waals surface area contributed by atoms with E-state index in [0.29, 0.717) is 36.2 Å². The van der Waals surface area contributed by atoms with Gasteiger partial charge < -0.3 is 14.0 Å². The number of hydrogen-bond acceptors (Lipinski definition) is 5. The van der Waals surface area contributed by atoms with Crippen molar-refractivity contribution in [2.75, 3.05) is 11.9 Å². The summed E-state index contributed by atoms with van der Waals surface area (Å²) in [7, 11) is 0. The van der Waals surface area contributed by atoms with E-state index in [4.69, 9.17) is 9.47 Å². The highest BCUT2D eigenvalue weighted by molar-refractivity contribution is 6.04. The molecule has 0 spiro atoms. The summed E-state index contributed by atoms with van der Waals surface area (Å²) in [5, 5.41) is 2.96. The SMILES string of the molecule is CCCn1c(NC(=O)c2ccc(OCc3cccnc3)c(OCC)c2)nc2ccccc21. The van der Waals surface area contributed by atoms with E-state index >= 15 is 0 Å². The van der Waals surface area contributed by atoms with Gasteiger partial charge >= 0.3 is 0 Å². The summed E-state index contributed by atoms with van der Waals surface area (Å²) < 4.78 is 13.7. The van der Waals surface area contributed by atoms with Crippen molar-refractivity contribution in [3.05, 3.63) is 78.1 Å². The van der Waals surface area contributed by atoms with E-state index in [9.17, 15) is 4.79 Å². The smallest absolute Gasteiger partial charge is 0.258 e. The Morgan fingerprint density at radius 1 is 1.03 bits per heavy atom. The second-order valence-corrected chi connectivity index (χ2v) is 7.27. The van der Waals surface area contributed by atoms with E-state index < -0.39 is 0 Å². The quantitative estimate of drug-likeness (QED) is 0.401. The van der Waals surface area contributed by atoms with Crippen molar-refractivity contribution in [1.82, 2.24) is 14.5 Å². The first-order chi connectivity index (χ1) is 15.7. The van der Waals surface area contributed by atoms with Crippen LogP contribution in [-0.4, -0.2) is 27.0 Å². The van der Waals surface area contributed by atoms with E-state index in [1.807, 2.05) is 47.9 Å². The largest absolute Gasteiger partial charge is 0.490 e. The number of ether oxygens (including phenoxy) is 2. The van der Waals surface area contributed by atoms with Crippen molar-refractivity contribution >= 4 is 22.9 Å². The van der Waals surface area contributed by atoms with Gasteiger partial charge in [-0.2, -0.15) is 0 Å². The van der Waals surface area contributed by atoms with Crippen LogP contribution in [0.5, 0.6) is 11.5 Å². The average Bonchev–Trinajstić information content (AvgIpc) is 3.16. The molecular weight excluding hydrogens is 404 g/mol. The van der Waals surface area contributed by atoms with Crippen LogP contribution in [0.4, 0.5) is 5.95 Å². The molecule has 1 N–H and O–H groups in total. The molecule has 2 heterocycles. The Hall–Kier alpha value is -3.87. The van der Waals surface area contributed by atoms with Crippen LogP contribution < -0.4 is 14.8 Å². The van der Waals surface area contributed by atoms with Gasteiger partial charge in [-0.3, -0.25) is 15.1 Å². The predicted octanol–water partition coefficient (Wildman–Crippen LogP) is 5.07. The number of aromatic nitrogens is 3. The lowest BCUT2D eigenvalue weighted by molar-refractivity contribution is 0.102. The molecule has 7 heteroatoms. The molecule has 4 rings (SSSR count). The van der Waals surface area contributed by atoms with Crippen LogP contribution in [0.3, 0.4) is 0 Å². The van der Waals surface area contributed by atoms with E-state index in [0.717, 1.165) is 29.6 Å². The third kappa shape index (κ3) is 4.72. The van der Waals surface area contributed by atoms with Gasteiger partial charge in [0.25, 0.3) is 5.91 Å². The third-order valence-electron chi connectivity index (χ3n) is 4.95. The van der Waals surface area contributed by atoms with E-state index in [-0.39, 0.29) is 5.91 Å². The van der Waals surface area contributed by atoms with Crippen LogP contribution in [0.15, 0.2) is 67.0 Å². The number of pyridine rings is 1. The van der Waals surface area contributed by atoms with Crippen LogP contribution in [0, 0.1) is 0 Å². The highest BCUT2D eigenvalue weighted by atomic mass is 16.5. The molecule has 0 aliphatic rings. The number of carbonyl (C=O) groups excluding carboxylic acids is 1. The molecule has 0 aliphatic heterocycles. The summed E-state index contributed by atoms with van der Waals surface area (Å²) in [5.41, 5.74) is 3.27. The fourth-order valence-electron chi connectivity index (χ4n) is 3.48. The number of rotatable bonds is 9. The Morgan fingerprint density at radius 2 is 1.91 bits per heavy atom. The lowest BCUT2D eigenvalue weighted by Gasteiger charge is -2.14. The fraction of sp³-hybridized carbons (Fsp3) is 0.240. The minimum Gasteiger partial charge on any atom is -0.490 e. The molecule has 0 saturated carbocycles. The van der Waals surface area contributed by atoms with Crippen LogP contribution in [0.1, 0.15) is 36.2 Å². The fourth-order valence-corrected chi connectivity index (χ4v) is 3.48. The van der Waals surface area contributed by atoms with Crippen LogP contribution in [0.2, 0.25) is 0 Å². The van der Waals surface area contributed by atoms with E-state index in [2.05, 4.69) is 22.2 Å². The first kappa shape index (κ1) is 21.4. The van der Waals surface area contributed by atoms with Crippen LogP contribution >= 0.6 is 0 Å². The van der Waals surface area contributed by atoms with Crippen LogP contribution in [-0.2, 0) is 13.2 Å². The Bertz CT molecular complexity index is 1200. The Morgan fingerprint density at radius 3 is 2.69 bits per heavy atom. The van der Waals surface area contributed by atoms with Crippen molar-refractivity contribution in [2.24, 2.45) is 0 Å². The molecule has 0 saturated heterocycles. The van der Waals surface area contributed by atoms with E-state index in [1.165, 1.54) is 0 Å². The molecule has 7 nitrogen and oxygen atoms in total.